The van der Waals surface area contributed by atoms with Gasteiger partial charge in [0.2, 0.25) is 0 Å². The Morgan fingerprint density at radius 2 is 1.78 bits per heavy atom. The zero-order valence-corrected chi connectivity index (χ0v) is 20.0. The van der Waals surface area contributed by atoms with Crippen LogP contribution in [-0.2, 0) is 37.3 Å². The molecule has 32 heavy (non-hydrogen) atoms. The van der Waals surface area contributed by atoms with E-state index in [1.54, 1.807) is 0 Å². The molecule has 0 radical (unpaired) electrons. The molecule has 184 valence electrons. The van der Waals surface area contributed by atoms with Crippen molar-refractivity contribution in [2.75, 3.05) is 13.2 Å². The maximum atomic E-state index is 11.9. The molecule has 0 aliphatic carbocycles. The molecule has 0 bridgehead atoms. The summed E-state index contributed by atoms with van der Waals surface area (Å²) in [5.74, 6) is 0. The second kappa shape index (κ2) is 10.2. The fourth-order valence-electron chi connectivity index (χ4n) is 2.92. The molecule has 0 saturated carbocycles. The van der Waals surface area contributed by atoms with E-state index in [2.05, 4.69) is 18.1 Å². The minimum Gasteiger partial charge on any atom is -0.387 e. The number of hydrogen-bond acceptors (Lipinski definition) is 12. The van der Waals surface area contributed by atoms with Crippen LogP contribution in [0.2, 0.25) is 0 Å². The molecular weight excluding hydrogens is 539 g/mol. The molecule has 0 spiro atoms. The highest BCUT2D eigenvalue weighted by Gasteiger charge is 2.55. The summed E-state index contributed by atoms with van der Waals surface area (Å²) in [5, 5.41) is 21.0. The van der Waals surface area contributed by atoms with E-state index < -0.39 is 54.1 Å². The molecule has 0 amide bonds. The van der Waals surface area contributed by atoms with Crippen molar-refractivity contribution in [2.24, 2.45) is 5.73 Å². The molecule has 0 aromatic carbocycles. The quantitative estimate of drug-likeness (QED) is 0.136. The van der Waals surface area contributed by atoms with Crippen molar-refractivity contribution in [1.29, 1.82) is 0 Å². The Kier molecular flexibility index (Phi) is 8.91. The maximum Gasteiger partial charge on any atom is 0.490 e. The standard InChI is InChI=1S/C11H20N3O13P3S2/c12-3-2-11(14-4-1-7(31)13-10(14)32)9(16)8(15)6(25-11)5-24-29(20,21)27-30(22,23)26-28(17,18)19/h1,4,6,8-9,15-16H,2-3,5,12H2,(H,20,21)(H,22,23)(H,13,31,32)(H2,17,18,19)/t6-,8-,9-,11-/m1/s1. The summed E-state index contributed by atoms with van der Waals surface area (Å²) in [6.45, 7) is -1.03. The highest BCUT2D eigenvalue weighted by Crippen LogP contribution is 2.66. The van der Waals surface area contributed by atoms with Crippen molar-refractivity contribution in [2.45, 2.75) is 30.5 Å². The van der Waals surface area contributed by atoms with Crippen LogP contribution in [0.4, 0.5) is 0 Å². The first-order chi connectivity index (χ1) is 14.5. The number of H-pyrrole nitrogens is 1. The third-order valence-electron chi connectivity index (χ3n) is 4.07. The molecule has 16 nitrogen and oxygen atoms in total. The first-order valence-electron chi connectivity index (χ1n) is 8.37. The number of aliphatic hydroxyl groups excluding tert-OH is 2. The minimum absolute atomic E-state index is 0.00531. The maximum absolute atomic E-state index is 11.9. The number of phosphoric acid groups is 3. The van der Waals surface area contributed by atoms with E-state index in [-0.39, 0.29) is 22.4 Å². The molecule has 2 heterocycles. The normalized spacial score (nSPS) is 30.0. The number of aromatic amines is 1. The van der Waals surface area contributed by atoms with Crippen molar-refractivity contribution < 1.29 is 61.4 Å². The Balaban J connectivity index is 2.22. The van der Waals surface area contributed by atoms with Crippen molar-refractivity contribution >= 4 is 47.9 Å². The number of nitrogens with zero attached hydrogens (tertiary/aromatic N) is 1. The molecule has 1 aromatic rings. The zero-order valence-electron chi connectivity index (χ0n) is 15.7. The smallest absolute Gasteiger partial charge is 0.387 e. The van der Waals surface area contributed by atoms with E-state index in [9.17, 15) is 33.7 Å². The van der Waals surface area contributed by atoms with Gasteiger partial charge in [-0.3, -0.25) is 9.09 Å². The Hall–Kier alpha value is -0.230. The number of aromatic nitrogens is 2. The van der Waals surface area contributed by atoms with Gasteiger partial charge in [0.05, 0.1) is 6.61 Å². The van der Waals surface area contributed by atoms with Crippen molar-refractivity contribution in [1.82, 2.24) is 9.55 Å². The van der Waals surface area contributed by atoms with Gasteiger partial charge in [0.15, 0.2) is 10.5 Å². The highest BCUT2D eigenvalue weighted by molar-refractivity contribution is 7.72. The molecule has 9 N–H and O–H groups in total. The first kappa shape index (κ1) is 28.0. The summed E-state index contributed by atoms with van der Waals surface area (Å²) in [6, 6.07) is 1.42. The highest BCUT2D eigenvalue weighted by atomic mass is 32.1. The fraction of sp³-hybridized carbons (Fsp3) is 0.636. The van der Waals surface area contributed by atoms with E-state index in [4.69, 9.17) is 44.7 Å². The lowest BCUT2D eigenvalue weighted by Crippen LogP contribution is -2.47. The molecule has 1 saturated heterocycles. The lowest BCUT2D eigenvalue weighted by molar-refractivity contribution is -0.151. The zero-order chi connectivity index (χ0) is 24.5. The molecule has 1 aromatic heterocycles. The Morgan fingerprint density at radius 1 is 1.16 bits per heavy atom. The van der Waals surface area contributed by atoms with Gasteiger partial charge in [-0.15, -0.1) is 0 Å². The average molecular weight is 559 g/mol. The summed E-state index contributed by atoms with van der Waals surface area (Å²) in [4.78, 5) is 38.5. The van der Waals surface area contributed by atoms with Crippen LogP contribution in [0.15, 0.2) is 12.3 Å². The number of aliphatic hydroxyl groups is 2. The van der Waals surface area contributed by atoms with Crippen molar-refractivity contribution in [3.63, 3.8) is 0 Å². The monoisotopic (exact) mass is 559 g/mol. The largest absolute Gasteiger partial charge is 0.490 e. The van der Waals surface area contributed by atoms with Crippen LogP contribution in [0.3, 0.4) is 0 Å². The SMILES string of the molecule is NCC[C@@]1(n2ccc(=S)[nH]c2=S)O[C@H](COP(=O)(O)OP(=O)(O)OP(=O)(O)O)[C@@H](O)[C@H]1O. The predicted octanol–water partition coefficient (Wildman–Crippen LogP) is -0.259. The molecule has 2 rings (SSSR count). The molecule has 6 atom stereocenters. The number of nitrogens with one attached hydrogen (secondary N) is 1. The van der Waals surface area contributed by atoms with Gasteiger partial charge in [0.25, 0.3) is 0 Å². The van der Waals surface area contributed by atoms with Crippen LogP contribution in [0.25, 0.3) is 0 Å². The van der Waals surface area contributed by atoms with Gasteiger partial charge in [0.1, 0.15) is 23.0 Å². The minimum atomic E-state index is -5.72. The second-order valence-electron chi connectivity index (χ2n) is 6.34. The summed E-state index contributed by atoms with van der Waals surface area (Å²) in [7, 11) is -16.7. The summed E-state index contributed by atoms with van der Waals surface area (Å²) >= 11 is 10.1. The lowest BCUT2D eigenvalue weighted by atomic mass is 9.99. The van der Waals surface area contributed by atoms with Gasteiger partial charge in [-0.05, 0) is 24.8 Å². The van der Waals surface area contributed by atoms with Gasteiger partial charge in [0, 0.05) is 12.6 Å². The van der Waals surface area contributed by atoms with E-state index >= 15 is 0 Å². The number of nitrogens with two attached hydrogens (primary N) is 1. The van der Waals surface area contributed by atoms with Gasteiger partial charge >= 0.3 is 23.5 Å². The van der Waals surface area contributed by atoms with Crippen LogP contribution >= 0.6 is 47.9 Å². The number of hydrogen-bond donors (Lipinski definition) is 8. The van der Waals surface area contributed by atoms with Crippen LogP contribution in [-0.4, -0.2) is 70.8 Å². The Bertz CT molecular complexity index is 1090. The number of ether oxygens (including phenoxy) is 1. The molecule has 1 aliphatic rings. The van der Waals surface area contributed by atoms with Crippen molar-refractivity contribution in [3.8, 4) is 0 Å². The fourth-order valence-corrected chi connectivity index (χ4v) is 6.50. The third kappa shape index (κ3) is 6.90. The summed E-state index contributed by atoms with van der Waals surface area (Å²) < 4.78 is 52.8. The van der Waals surface area contributed by atoms with Crippen LogP contribution in [0.5, 0.6) is 0 Å². The summed E-state index contributed by atoms with van der Waals surface area (Å²) in [6.07, 6.45) is -3.62. The van der Waals surface area contributed by atoms with Gasteiger partial charge in [-0.25, -0.2) is 13.7 Å². The molecule has 1 aliphatic heterocycles. The van der Waals surface area contributed by atoms with E-state index in [1.807, 2.05) is 0 Å². The van der Waals surface area contributed by atoms with Crippen molar-refractivity contribution in [3.05, 3.63) is 21.7 Å². The van der Waals surface area contributed by atoms with Crippen LogP contribution in [0, 0.1) is 9.41 Å². The van der Waals surface area contributed by atoms with E-state index in [0.717, 1.165) is 0 Å². The first-order valence-corrected chi connectivity index (χ1v) is 13.7. The van der Waals surface area contributed by atoms with E-state index in [0.29, 0.717) is 0 Å². The van der Waals surface area contributed by atoms with E-state index in [1.165, 1.54) is 16.8 Å². The van der Waals surface area contributed by atoms with Gasteiger partial charge in [-0.2, -0.15) is 8.62 Å². The molecule has 1 fully saturated rings. The van der Waals surface area contributed by atoms with Crippen LogP contribution in [0.1, 0.15) is 6.42 Å². The topological polar surface area (TPSA) is 256 Å². The number of rotatable bonds is 10. The lowest BCUT2D eigenvalue weighted by Gasteiger charge is -2.34. The average Bonchev–Trinajstić information content (AvgIpc) is 2.83. The second-order valence-corrected chi connectivity index (χ2v) is 11.6. The molecule has 21 heteroatoms. The Labute approximate surface area is 190 Å². The Morgan fingerprint density at radius 3 is 2.31 bits per heavy atom. The van der Waals surface area contributed by atoms with Crippen LogP contribution < -0.4 is 5.73 Å². The summed E-state index contributed by atoms with van der Waals surface area (Å²) in [5.41, 5.74) is 3.86. The van der Waals surface area contributed by atoms with Gasteiger partial charge < -0.3 is 45.2 Å². The molecular formula is C11H20N3O13P3S2. The predicted molar refractivity (Wildman–Crippen MR) is 109 cm³/mol. The molecule has 2 unspecified atom stereocenters. The number of phosphoric ester groups is 1. The van der Waals surface area contributed by atoms with Gasteiger partial charge in [-0.1, -0.05) is 12.2 Å². The third-order valence-corrected chi connectivity index (χ3v) is 8.41.